The van der Waals surface area contributed by atoms with E-state index < -0.39 is 0 Å². The molecule has 2 aromatic carbocycles. The highest BCUT2D eigenvalue weighted by atomic mass is 16.2. The normalized spacial score (nSPS) is 33.6. The number of hydrogen-bond donors (Lipinski definition) is 0. The zero-order valence-electron chi connectivity index (χ0n) is 38.3. The standard InChI is InChI=1S/C29H36N2O.C29H38N2.CH4/c32-27(31-13-5-2-6-14-31)24-9-10-26(30-20-24)11-12-28-16-22-15-23(17-28)19-29(18-22,21-28)25-7-3-1-4-8-25;1-3-7-26(8-4-1)29-18-24-15-25(19-29)17-28(16-24,22-29)12-11-27-10-9-23(20-30-27)21-31-13-5-2-6-14-31;/h1,3-4,7-10,20,22-23H,2,5-6,11-19,21H2;1,3-4,7-10,20,24-25H,2,5-6,11-19,21-22H2;1H4. The van der Waals surface area contributed by atoms with Gasteiger partial charge in [0.25, 0.3) is 5.91 Å². The van der Waals surface area contributed by atoms with Gasteiger partial charge in [-0.3, -0.25) is 19.7 Å². The van der Waals surface area contributed by atoms with Crippen LogP contribution >= 0.6 is 0 Å². The summed E-state index contributed by atoms with van der Waals surface area (Å²) in [5.74, 6) is 3.90. The summed E-state index contributed by atoms with van der Waals surface area (Å²) in [6.07, 6.45) is 33.7. The minimum absolute atomic E-state index is 0. The van der Waals surface area contributed by atoms with Crippen molar-refractivity contribution < 1.29 is 4.79 Å². The van der Waals surface area contributed by atoms with E-state index >= 15 is 0 Å². The molecule has 4 unspecified atom stereocenters. The second-order valence-corrected chi connectivity index (χ2v) is 23.1. The van der Waals surface area contributed by atoms with Crippen molar-refractivity contribution in [3.05, 3.63) is 131 Å². The molecule has 5 heteroatoms. The van der Waals surface area contributed by atoms with E-state index in [0.717, 1.165) is 80.2 Å². The van der Waals surface area contributed by atoms with E-state index in [0.29, 0.717) is 21.7 Å². The lowest BCUT2D eigenvalue weighted by Crippen LogP contribution is -2.54. The van der Waals surface area contributed by atoms with Crippen molar-refractivity contribution in [2.24, 2.45) is 34.5 Å². The molecule has 340 valence electrons. The summed E-state index contributed by atoms with van der Waals surface area (Å²) < 4.78 is 0. The van der Waals surface area contributed by atoms with Gasteiger partial charge in [0, 0.05) is 43.4 Å². The van der Waals surface area contributed by atoms with E-state index in [1.54, 1.807) is 11.1 Å². The molecule has 14 rings (SSSR count). The molecular weight excluding hydrogens is 781 g/mol. The Bertz CT molecular complexity index is 2130. The highest BCUT2D eigenvalue weighted by molar-refractivity contribution is 5.94. The van der Waals surface area contributed by atoms with Crippen LogP contribution in [0.15, 0.2) is 97.3 Å². The molecular formula is C59H78N4O. The molecule has 2 aliphatic heterocycles. The van der Waals surface area contributed by atoms with E-state index in [1.165, 1.54) is 140 Å². The molecule has 8 aliphatic carbocycles. The van der Waals surface area contributed by atoms with Gasteiger partial charge >= 0.3 is 0 Å². The summed E-state index contributed by atoms with van der Waals surface area (Å²) in [5, 5.41) is 0. The van der Waals surface area contributed by atoms with Crippen LogP contribution in [0.3, 0.4) is 0 Å². The number of benzene rings is 2. The van der Waals surface area contributed by atoms with Crippen molar-refractivity contribution >= 4 is 5.91 Å². The van der Waals surface area contributed by atoms with Crippen LogP contribution in [0.25, 0.3) is 0 Å². The number of likely N-dealkylation sites (tertiary alicyclic amines) is 2. The Morgan fingerprint density at radius 3 is 1.45 bits per heavy atom. The molecule has 4 atom stereocenters. The monoisotopic (exact) mass is 859 g/mol. The van der Waals surface area contributed by atoms with Crippen LogP contribution < -0.4 is 0 Å². The number of amides is 1. The van der Waals surface area contributed by atoms with Crippen molar-refractivity contribution in [1.29, 1.82) is 0 Å². The van der Waals surface area contributed by atoms with Gasteiger partial charge in [0.15, 0.2) is 0 Å². The lowest BCUT2D eigenvalue weighted by molar-refractivity contribution is -0.0762. The zero-order chi connectivity index (χ0) is 42.3. The summed E-state index contributed by atoms with van der Waals surface area (Å²) in [4.78, 5) is 27.0. The first kappa shape index (κ1) is 44.0. The van der Waals surface area contributed by atoms with Crippen molar-refractivity contribution in [2.45, 2.75) is 166 Å². The largest absolute Gasteiger partial charge is 0.339 e. The summed E-state index contributed by atoms with van der Waals surface area (Å²) in [5.41, 5.74) is 9.79. The van der Waals surface area contributed by atoms with Crippen LogP contribution in [0, 0.1) is 34.5 Å². The number of rotatable bonds is 11. The fraction of sp³-hybridized carbons (Fsp3) is 0.610. The van der Waals surface area contributed by atoms with Gasteiger partial charge in [0.1, 0.15) is 0 Å². The molecule has 10 aliphatic rings. The Balaban J connectivity index is 0.000000149. The first-order chi connectivity index (χ1) is 30.8. The Labute approximate surface area is 386 Å². The SMILES string of the molecule is C.O=C(c1ccc(CCC23CC4CC(C2)CC(c2ccccc2)(C4)C3)nc1)N1CCCCC1.c1ccc(C23CC4CC(CC(CCc5ccc(CN6CCCCC6)cn5)(C4)C2)C3)cc1. The molecule has 10 fully saturated rings. The van der Waals surface area contributed by atoms with Crippen molar-refractivity contribution in [1.82, 2.24) is 19.8 Å². The van der Waals surface area contributed by atoms with Gasteiger partial charge < -0.3 is 4.90 Å². The summed E-state index contributed by atoms with van der Waals surface area (Å²) >= 11 is 0. The molecule has 1 amide bonds. The molecule has 4 aromatic rings. The smallest absolute Gasteiger partial charge is 0.255 e. The quantitative estimate of drug-likeness (QED) is 0.151. The second kappa shape index (κ2) is 18.5. The van der Waals surface area contributed by atoms with E-state index in [-0.39, 0.29) is 13.3 Å². The van der Waals surface area contributed by atoms with Crippen molar-refractivity contribution in [2.75, 3.05) is 26.2 Å². The number of pyridine rings is 2. The fourth-order valence-electron chi connectivity index (χ4n) is 16.6. The maximum Gasteiger partial charge on any atom is 0.255 e. The summed E-state index contributed by atoms with van der Waals surface area (Å²) in [6, 6.07) is 31.8. The van der Waals surface area contributed by atoms with Gasteiger partial charge in [-0.2, -0.15) is 0 Å². The molecule has 8 bridgehead atoms. The third kappa shape index (κ3) is 9.15. The molecule has 2 saturated heterocycles. The zero-order valence-corrected chi connectivity index (χ0v) is 38.3. The maximum atomic E-state index is 12.8. The maximum absolute atomic E-state index is 12.8. The highest BCUT2D eigenvalue weighted by Crippen LogP contribution is 2.68. The summed E-state index contributed by atoms with van der Waals surface area (Å²) in [7, 11) is 0. The van der Waals surface area contributed by atoms with Gasteiger partial charge in [-0.05, 0) is 228 Å². The fourth-order valence-corrected chi connectivity index (χ4v) is 16.6. The van der Waals surface area contributed by atoms with E-state index in [2.05, 4.69) is 90.0 Å². The highest BCUT2D eigenvalue weighted by Gasteiger charge is 2.59. The van der Waals surface area contributed by atoms with Gasteiger partial charge in [-0.25, -0.2) is 0 Å². The molecule has 8 saturated carbocycles. The Hall–Kier alpha value is -3.83. The predicted molar refractivity (Wildman–Crippen MR) is 261 cm³/mol. The average Bonchev–Trinajstić information content (AvgIpc) is 3.31. The van der Waals surface area contributed by atoms with Gasteiger partial charge in [-0.1, -0.05) is 80.6 Å². The summed E-state index contributed by atoms with van der Waals surface area (Å²) in [6.45, 7) is 5.40. The number of aryl methyl sites for hydroxylation is 2. The van der Waals surface area contributed by atoms with Crippen LogP contribution in [-0.2, 0) is 30.2 Å². The number of piperidine rings is 2. The predicted octanol–water partition coefficient (Wildman–Crippen LogP) is 13.4. The third-order valence-electron chi connectivity index (χ3n) is 18.4. The number of carbonyl (C=O) groups is 1. The number of hydrogen-bond acceptors (Lipinski definition) is 4. The van der Waals surface area contributed by atoms with E-state index in [9.17, 15) is 4.79 Å². The van der Waals surface area contributed by atoms with Crippen LogP contribution in [0.1, 0.15) is 174 Å². The van der Waals surface area contributed by atoms with E-state index in [1.807, 2.05) is 17.2 Å². The van der Waals surface area contributed by atoms with Crippen LogP contribution in [0.4, 0.5) is 0 Å². The molecule has 0 radical (unpaired) electrons. The third-order valence-corrected chi connectivity index (χ3v) is 18.4. The second-order valence-electron chi connectivity index (χ2n) is 23.1. The number of nitrogens with zero attached hydrogens (tertiary/aromatic N) is 4. The topological polar surface area (TPSA) is 49.3 Å². The lowest BCUT2D eigenvalue weighted by Gasteiger charge is -2.63. The minimum atomic E-state index is 0. The number of aromatic nitrogens is 2. The Morgan fingerprint density at radius 2 is 1.00 bits per heavy atom. The van der Waals surface area contributed by atoms with E-state index in [4.69, 9.17) is 9.97 Å². The van der Waals surface area contributed by atoms with Gasteiger partial charge in [0.05, 0.1) is 5.56 Å². The van der Waals surface area contributed by atoms with Crippen LogP contribution in [0.2, 0.25) is 0 Å². The van der Waals surface area contributed by atoms with Gasteiger partial charge in [-0.15, -0.1) is 0 Å². The van der Waals surface area contributed by atoms with Crippen molar-refractivity contribution in [3.8, 4) is 0 Å². The Morgan fingerprint density at radius 1 is 0.531 bits per heavy atom. The molecule has 0 N–H and O–H groups in total. The number of carbonyl (C=O) groups excluding carboxylic acids is 1. The van der Waals surface area contributed by atoms with Crippen LogP contribution in [0.5, 0.6) is 0 Å². The molecule has 64 heavy (non-hydrogen) atoms. The molecule has 4 heterocycles. The van der Waals surface area contributed by atoms with Gasteiger partial charge in [0.2, 0.25) is 0 Å². The average molecular weight is 859 g/mol. The molecule has 0 spiro atoms. The van der Waals surface area contributed by atoms with Crippen LogP contribution in [-0.4, -0.2) is 51.9 Å². The van der Waals surface area contributed by atoms with Crippen molar-refractivity contribution in [3.63, 3.8) is 0 Å². The molecule has 5 nitrogen and oxygen atoms in total. The first-order valence-corrected chi connectivity index (χ1v) is 25.9. The minimum Gasteiger partial charge on any atom is -0.339 e. The molecule has 2 aromatic heterocycles. The lowest BCUT2D eigenvalue weighted by atomic mass is 9.42. The first-order valence-electron chi connectivity index (χ1n) is 25.9. The Kier molecular flexibility index (Phi) is 12.7.